The van der Waals surface area contributed by atoms with Crippen LogP contribution in [0.5, 0.6) is 0 Å². The summed E-state index contributed by atoms with van der Waals surface area (Å²) in [4.78, 5) is 26.4. The lowest BCUT2D eigenvalue weighted by atomic mass is 10.2. The van der Waals surface area contributed by atoms with Crippen molar-refractivity contribution >= 4 is 27.6 Å². The summed E-state index contributed by atoms with van der Waals surface area (Å²) >= 11 is 0. The molecule has 1 aliphatic heterocycles. The number of aromatic amines is 1. The largest absolute Gasteiger partial charge is 0.451 e. The van der Waals surface area contributed by atoms with Gasteiger partial charge in [-0.25, -0.2) is 17.6 Å². The van der Waals surface area contributed by atoms with Crippen molar-refractivity contribution in [2.75, 3.05) is 38.2 Å². The van der Waals surface area contributed by atoms with E-state index in [0.717, 1.165) is 12.1 Å². The van der Waals surface area contributed by atoms with E-state index in [9.17, 15) is 22.4 Å². The van der Waals surface area contributed by atoms with Crippen LogP contribution in [0, 0.1) is 12.7 Å². The maximum Gasteiger partial charge on any atom is 0.355 e. The number of esters is 1. The number of nitrogens with zero attached hydrogens (tertiary/aromatic N) is 1. The van der Waals surface area contributed by atoms with E-state index in [1.807, 2.05) is 0 Å². The van der Waals surface area contributed by atoms with E-state index in [0.29, 0.717) is 18.8 Å². The first-order valence-electron chi connectivity index (χ1n) is 8.77. The zero-order valence-electron chi connectivity index (χ0n) is 15.6. The van der Waals surface area contributed by atoms with Crippen molar-refractivity contribution in [3.63, 3.8) is 0 Å². The van der Waals surface area contributed by atoms with E-state index in [1.165, 1.54) is 22.6 Å². The highest BCUT2D eigenvalue weighted by atomic mass is 32.2. The molecule has 1 saturated heterocycles. The number of rotatable bonds is 6. The quantitative estimate of drug-likeness (QED) is 0.673. The van der Waals surface area contributed by atoms with Crippen LogP contribution in [0.4, 0.5) is 10.1 Å². The number of anilines is 1. The number of benzene rings is 1. The Morgan fingerprint density at radius 3 is 2.69 bits per heavy atom. The number of aryl methyl sites for hydroxylation is 1. The minimum atomic E-state index is -3.75. The molecule has 0 spiro atoms. The van der Waals surface area contributed by atoms with Crippen molar-refractivity contribution in [3.05, 3.63) is 47.5 Å². The van der Waals surface area contributed by atoms with Gasteiger partial charge in [0.25, 0.3) is 5.91 Å². The first-order chi connectivity index (χ1) is 13.8. The van der Waals surface area contributed by atoms with E-state index in [-0.39, 0.29) is 29.4 Å². The lowest BCUT2D eigenvalue weighted by Gasteiger charge is -2.25. The van der Waals surface area contributed by atoms with Crippen LogP contribution < -0.4 is 5.32 Å². The van der Waals surface area contributed by atoms with Crippen LogP contribution >= 0.6 is 0 Å². The summed E-state index contributed by atoms with van der Waals surface area (Å²) in [5.41, 5.74) is 0.558. The molecule has 0 unspecified atom stereocenters. The van der Waals surface area contributed by atoms with Crippen molar-refractivity contribution in [1.29, 1.82) is 0 Å². The Morgan fingerprint density at radius 1 is 1.28 bits per heavy atom. The Morgan fingerprint density at radius 2 is 2.00 bits per heavy atom. The summed E-state index contributed by atoms with van der Waals surface area (Å²) in [6.45, 7) is 2.04. The van der Waals surface area contributed by atoms with Gasteiger partial charge in [0.15, 0.2) is 6.61 Å². The highest BCUT2D eigenvalue weighted by Gasteiger charge is 2.28. The van der Waals surface area contributed by atoms with Crippen molar-refractivity contribution in [2.24, 2.45) is 0 Å². The molecule has 0 radical (unpaired) electrons. The normalized spacial score (nSPS) is 15.1. The predicted octanol–water partition coefficient (Wildman–Crippen LogP) is 1.28. The van der Waals surface area contributed by atoms with E-state index in [4.69, 9.17) is 9.47 Å². The fourth-order valence-corrected chi connectivity index (χ4v) is 4.06. The van der Waals surface area contributed by atoms with Gasteiger partial charge < -0.3 is 19.8 Å². The highest BCUT2D eigenvalue weighted by Crippen LogP contribution is 2.18. The number of carbonyl (C=O) groups excluding carboxylic acids is 2. The van der Waals surface area contributed by atoms with Crippen molar-refractivity contribution in [1.82, 2.24) is 9.29 Å². The third-order valence-electron chi connectivity index (χ3n) is 4.27. The second-order valence-electron chi connectivity index (χ2n) is 6.35. The molecule has 2 heterocycles. The molecule has 9 nitrogen and oxygen atoms in total. The smallest absolute Gasteiger partial charge is 0.355 e. The van der Waals surface area contributed by atoms with Crippen LogP contribution in [0.15, 0.2) is 35.4 Å². The maximum absolute atomic E-state index is 13.5. The second-order valence-corrected chi connectivity index (χ2v) is 8.29. The molecule has 0 atom stereocenters. The van der Waals surface area contributed by atoms with Crippen molar-refractivity contribution in [3.8, 4) is 0 Å². The van der Waals surface area contributed by atoms with Gasteiger partial charge in [0.05, 0.1) is 13.2 Å². The number of aromatic nitrogens is 1. The number of carbonyl (C=O) groups is 2. The third-order valence-corrected chi connectivity index (χ3v) is 6.15. The van der Waals surface area contributed by atoms with E-state index in [2.05, 4.69) is 10.3 Å². The number of hydrogen-bond acceptors (Lipinski definition) is 6. The van der Waals surface area contributed by atoms with Crippen molar-refractivity contribution < 1.29 is 31.9 Å². The topological polar surface area (TPSA) is 118 Å². The van der Waals surface area contributed by atoms with Crippen LogP contribution in [0.25, 0.3) is 0 Å². The molecule has 0 bridgehead atoms. The fourth-order valence-electron chi connectivity index (χ4n) is 2.65. The molecule has 1 aromatic carbocycles. The summed E-state index contributed by atoms with van der Waals surface area (Å²) < 4.78 is 49.9. The molecule has 0 saturated carbocycles. The van der Waals surface area contributed by atoms with Gasteiger partial charge in [-0.1, -0.05) is 6.07 Å². The molecular weight excluding hydrogens is 405 g/mol. The molecule has 1 fully saturated rings. The van der Waals surface area contributed by atoms with Gasteiger partial charge in [0.1, 0.15) is 16.4 Å². The molecule has 156 valence electrons. The zero-order valence-corrected chi connectivity index (χ0v) is 16.4. The molecule has 2 N–H and O–H groups in total. The number of hydrogen-bond donors (Lipinski definition) is 2. The average molecular weight is 425 g/mol. The molecular formula is C18H20FN3O6S. The molecule has 1 aliphatic rings. The summed E-state index contributed by atoms with van der Waals surface area (Å²) in [5.74, 6) is -2.02. The van der Waals surface area contributed by atoms with Crippen LogP contribution in [0.1, 0.15) is 16.1 Å². The monoisotopic (exact) mass is 425 g/mol. The van der Waals surface area contributed by atoms with Crippen LogP contribution in [-0.2, 0) is 24.3 Å². The van der Waals surface area contributed by atoms with Gasteiger partial charge in [0, 0.05) is 25.0 Å². The Hall–Kier alpha value is -2.76. The standard InChI is InChI=1S/C18H20FN3O6S/c1-12-2-3-13(8-15(12)19)21-17(23)11-28-18(24)16-9-14(10-20-16)29(25,26)22-4-6-27-7-5-22/h2-3,8-10,20H,4-7,11H2,1H3,(H,21,23). The van der Waals surface area contributed by atoms with Gasteiger partial charge in [-0.3, -0.25) is 4.79 Å². The lowest BCUT2D eigenvalue weighted by molar-refractivity contribution is -0.119. The number of ether oxygens (including phenoxy) is 2. The second kappa shape index (κ2) is 8.72. The zero-order chi connectivity index (χ0) is 21.0. The lowest BCUT2D eigenvalue weighted by Crippen LogP contribution is -2.40. The maximum atomic E-state index is 13.5. The summed E-state index contributed by atoms with van der Waals surface area (Å²) in [5, 5.41) is 2.41. The summed E-state index contributed by atoms with van der Waals surface area (Å²) in [7, 11) is -3.75. The van der Waals surface area contributed by atoms with Gasteiger partial charge in [-0.15, -0.1) is 0 Å². The Kier molecular flexibility index (Phi) is 6.30. The number of nitrogens with one attached hydrogen (secondary N) is 2. The molecule has 11 heteroatoms. The Labute approximate surface area is 166 Å². The number of morpholine rings is 1. The van der Waals surface area contributed by atoms with Crippen LogP contribution in [-0.4, -0.2) is 62.5 Å². The first kappa shape index (κ1) is 21.0. The van der Waals surface area contributed by atoms with E-state index < -0.39 is 34.3 Å². The van der Waals surface area contributed by atoms with E-state index >= 15 is 0 Å². The number of halogens is 1. The number of H-pyrrole nitrogens is 1. The average Bonchev–Trinajstić information content (AvgIpc) is 3.21. The van der Waals surface area contributed by atoms with Gasteiger partial charge in [0.2, 0.25) is 10.0 Å². The molecule has 29 heavy (non-hydrogen) atoms. The predicted molar refractivity (Wildman–Crippen MR) is 100 cm³/mol. The number of amides is 1. The fraction of sp³-hybridized carbons (Fsp3) is 0.333. The summed E-state index contributed by atoms with van der Waals surface area (Å²) in [6.07, 6.45) is 1.19. The minimum absolute atomic E-state index is 0.0778. The third kappa shape index (κ3) is 5.00. The van der Waals surface area contributed by atoms with Crippen molar-refractivity contribution in [2.45, 2.75) is 11.8 Å². The van der Waals surface area contributed by atoms with Gasteiger partial charge >= 0.3 is 5.97 Å². The molecule has 1 aromatic heterocycles. The van der Waals surface area contributed by atoms with E-state index in [1.54, 1.807) is 6.92 Å². The molecule has 1 amide bonds. The molecule has 3 rings (SSSR count). The van der Waals surface area contributed by atoms with Crippen LogP contribution in [0.3, 0.4) is 0 Å². The summed E-state index contributed by atoms with van der Waals surface area (Å²) in [6, 6.07) is 5.33. The Balaban J connectivity index is 1.57. The molecule has 0 aliphatic carbocycles. The number of sulfonamides is 1. The highest BCUT2D eigenvalue weighted by molar-refractivity contribution is 7.89. The minimum Gasteiger partial charge on any atom is -0.451 e. The SMILES string of the molecule is Cc1ccc(NC(=O)COC(=O)c2cc(S(=O)(=O)N3CCOCC3)c[nH]2)cc1F. The molecule has 2 aromatic rings. The first-order valence-corrected chi connectivity index (χ1v) is 10.2. The van der Waals surface area contributed by atoms with Crippen LogP contribution in [0.2, 0.25) is 0 Å². The Bertz CT molecular complexity index is 1010. The van der Waals surface area contributed by atoms with Gasteiger partial charge in [-0.2, -0.15) is 4.31 Å². The van der Waals surface area contributed by atoms with Gasteiger partial charge in [-0.05, 0) is 30.7 Å².